The summed E-state index contributed by atoms with van der Waals surface area (Å²) in [6.45, 7) is 0.726. The number of nitrogens with zero attached hydrogens (tertiary/aromatic N) is 2. The fourth-order valence-electron chi connectivity index (χ4n) is 5.83. The van der Waals surface area contributed by atoms with Crippen LogP contribution in [-0.2, 0) is 20.5 Å². The summed E-state index contributed by atoms with van der Waals surface area (Å²) in [5.74, 6) is 3.73. The number of hydrogen-bond acceptors (Lipinski definition) is 4. The highest BCUT2D eigenvalue weighted by Crippen LogP contribution is 2.54. The van der Waals surface area contributed by atoms with Gasteiger partial charge in [-0.25, -0.2) is 4.98 Å². The maximum Gasteiger partial charge on any atom is 0.314 e. The van der Waals surface area contributed by atoms with Crippen LogP contribution in [0.4, 0.5) is 0 Å². The van der Waals surface area contributed by atoms with Gasteiger partial charge in [-0.05, 0) is 87.5 Å². The molecular weight excluding hydrogens is 402 g/mol. The molecule has 6 rings (SSSR count). The van der Waals surface area contributed by atoms with E-state index in [2.05, 4.69) is 5.10 Å². The van der Waals surface area contributed by atoms with Crippen molar-refractivity contribution in [3.63, 3.8) is 0 Å². The number of benzene rings is 1. The zero-order valence-corrected chi connectivity index (χ0v) is 18.6. The van der Waals surface area contributed by atoms with Crippen LogP contribution < -0.4 is 0 Å². The Morgan fingerprint density at radius 2 is 1.69 bits per heavy atom. The number of carboxylic acids is 1. The van der Waals surface area contributed by atoms with Crippen LogP contribution in [0.1, 0.15) is 87.3 Å². The molecule has 0 radical (unpaired) electrons. The van der Waals surface area contributed by atoms with Crippen LogP contribution >= 0.6 is 0 Å². The van der Waals surface area contributed by atoms with Crippen molar-refractivity contribution in [1.29, 1.82) is 0 Å². The molecule has 32 heavy (non-hydrogen) atoms. The highest BCUT2D eigenvalue weighted by molar-refractivity contribution is 5.81. The quantitative estimate of drug-likeness (QED) is 0.583. The molecule has 0 bridgehead atoms. The SMILES string of the molecule is O=C(O)[C@]1(c2ccccc2)CC[C@@](OCC2CC2)(c2n[nH]c(C(C3CC3)C3CC3)n2)CC1. The van der Waals surface area contributed by atoms with Gasteiger partial charge in [-0.1, -0.05) is 30.3 Å². The summed E-state index contributed by atoms with van der Waals surface area (Å²) in [6, 6.07) is 9.71. The normalized spacial score (nSPS) is 30.5. The van der Waals surface area contributed by atoms with Crippen molar-refractivity contribution in [3.8, 4) is 0 Å². The lowest BCUT2D eigenvalue weighted by Gasteiger charge is -2.43. The summed E-state index contributed by atoms with van der Waals surface area (Å²) < 4.78 is 6.60. The Bertz CT molecular complexity index is 955. The Morgan fingerprint density at radius 1 is 1.03 bits per heavy atom. The maximum absolute atomic E-state index is 12.5. The highest BCUT2D eigenvalue weighted by atomic mass is 16.5. The van der Waals surface area contributed by atoms with Gasteiger partial charge in [-0.2, -0.15) is 5.10 Å². The Kier molecular flexibility index (Phi) is 4.90. The third-order valence-electron chi connectivity index (χ3n) is 8.42. The molecule has 1 aromatic heterocycles. The van der Waals surface area contributed by atoms with E-state index in [0.717, 1.165) is 35.7 Å². The predicted octanol–water partition coefficient (Wildman–Crippen LogP) is 4.93. The van der Waals surface area contributed by atoms with Gasteiger partial charge < -0.3 is 9.84 Å². The van der Waals surface area contributed by atoms with Crippen LogP contribution in [0.25, 0.3) is 0 Å². The van der Waals surface area contributed by atoms with Crippen LogP contribution in [-0.4, -0.2) is 32.9 Å². The Labute approximate surface area is 189 Å². The van der Waals surface area contributed by atoms with Gasteiger partial charge in [-0.3, -0.25) is 9.89 Å². The van der Waals surface area contributed by atoms with Gasteiger partial charge in [-0.15, -0.1) is 0 Å². The van der Waals surface area contributed by atoms with Gasteiger partial charge >= 0.3 is 5.97 Å². The largest absolute Gasteiger partial charge is 0.481 e. The van der Waals surface area contributed by atoms with Gasteiger partial charge in [0, 0.05) is 5.92 Å². The van der Waals surface area contributed by atoms with E-state index in [-0.39, 0.29) is 0 Å². The second-order valence-corrected chi connectivity index (χ2v) is 10.7. The van der Waals surface area contributed by atoms with E-state index in [4.69, 9.17) is 14.8 Å². The van der Waals surface area contributed by atoms with Crippen LogP contribution in [0.3, 0.4) is 0 Å². The van der Waals surface area contributed by atoms with Crippen molar-refractivity contribution in [1.82, 2.24) is 15.2 Å². The molecule has 6 heteroatoms. The second kappa shape index (κ2) is 7.68. The number of nitrogens with one attached hydrogen (secondary N) is 1. The van der Waals surface area contributed by atoms with E-state index in [1.54, 1.807) is 0 Å². The predicted molar refractivity (Wildman–Crippen MR) is 119 cm³/mol. The number of rotatable bonds is 9. The van der Waals surface area contributed by atoms with E-state index in [1.807, 2.05) is 30.3 Å². The van der Waals surface area contributed by atoms with Gasteiger partial charge in [0.15, 0.2) is 5.82 Å². The van der Waals surface area contributed by atoms with Crippen LogP contribution in [0.5, 0.6) is 0 Å². The molecule has 4 fully saturated rings. The second-order valence-electron chi connectivity index (χ2n) is 10.7. The molecule has 0 amide bonds. The minimum atomic E-state index is -0.864. The standard InChI is InChI=1S/C26H33N3O3/c30-24(31)25(20-4-2-1-3-5-20)12-14-26(15-13-25,32-16-17-6-7-17)23-27-22(28-29-23)21(18-8-9-18)19-10-11-19/h1-5,17-19,21H,6-16H2,(H,30,31)(H,27,28,29)/t25-,26+. The molecule has 0 atom stereocenters. The minimum absolute atomic E-state index is 0.516. The van der Waals surface area contributed by atoms with Crippen molar-refractivity contribution in [3.05, 3.63) is 47.5 Å². The molecule has 0 saturated heterocycles. The number of ether oxygens (including phenoxy) is 1. The summed E-state index contributed by atoms with van der Waals surface area (Å²) in [5.41, 5.74) is -0.554. The molecule has 170 valence electrons. The minimum Gasteiger partial charge on any atom is -0.481 e. The molecule has 2 aromatic rings. The number of aliphatic carboxylic acids is 1. The van der Waals surface area contributed by atoms with E-state index in [0.29, 0.717) is 37.5 Å². The Balaban J connectivity index is 1.28. The summed E-state index contributed by atoms with van der Waals surface area (Å²) in [5, 5.41) is 18.2. The lowest BCUT2D eigenvalue weighted by atomic mass is 9.65. The lowest BCUT2D eigenvalue weighted by molar-refractivity contribution is -0.151. The van der Waals surface area contributed by atoms with Gasteiger partial charge in [0.05, 0.1) is 12.0 Å². The molecule has 4 aliphatic rings. The van der Waals surface area contributed by atoms with Gasteiger partial charge in [0.1, 0.15) is 11.4 Å². The van der Waals surface area contributed by atoms with E-state index in [1.165, 1.54) is 38.5 Å². The Morgan fingerprint density at radius 3 is 2.25 bits per heavy atom. The number of H-pyrrole nitrogens is 1. The van der Waals surface area contributed by atoms with Crippen molar-refractivity contribution in [2.75, 3.05) is 6.61 Å². The number of carboxylic acid groups (broad SMARTS) is 1. The zero-order valence-electron chi connectivity index (χ0n) is 18.6. The lowest BCUT2D eigenvalue weighted by Crippen LogP contribution is -2.46. The van der Waals surface area contributed by atoms with E-state index < -0.39 is 17.0 Å². The molecule has 1 heterocycles. The summed E-state index contributed by atoms with van der Waals surface area (Å²) in [6.07, 6.45) is 10.0. The molecule has 1 aromatic carbocycles. The molecule has 0 aliphatic heterocycles. The van der Waals surface area contributed by atoms with Crippen LogP contribution in [0.2, 0.25) is 0 Å². The van der Waals surface area contributed by atoms with E-state index in [9.17, 15) is 9.90 Å². The molecule has 4 saturated carbocycles. The fourth-order valence-corrected chi connectivity index (χ4v) is 5.83. The number of hydrogen-bond donors (Lipinski definition) is 2. The summed E-state index contributed by atoms with van der Waals surface area (Å²) in [7, 11) is 0. The number of aromatic amines is 1. The van der Waals surface area contributed by atoms with Gasteiger partial charge in [0.25, 0.3) is 0 Å². The summed E-state index contributed by atoms with van der Waals surface area (Å²) >= 11 is 0. The summed E-state index contributed by atoms with van der Waals surface area (Å²) in [4.78, 5) is 17.5. The van der Waals surface area contributed by atoms with Crippen LogP contribution in [0.15, 0.2) is 30.3 Å². The average molecular weight is 436 g/mol. The molecular formula is C26H33N3O3. The first-order chi connectivity index (χ1) is 15.6. The molecule has 0 spiro atoms. The maximum atomic E-state index is 12.5. The van der Waals surface area contributed by atoms with E-state index >= 15 is 0 Å². The fraction of sp³-hybridized carbons (Fsp3) is 0.654. The first-order valence-corrected chi connectivity index (χ1v) is 12.5. The van der Waals surface area contributed by atoms with Crippen molar-refractivity contribution < 1.29 is 14.6 Å². The van der Waals surface area contributed by atoms with Gasteiger partial charge in [0.2, 0.25) is 0 Å². The number of carbonyl (C=O) groups is 1. The smallest absolute Gasteiger partial charge is 0.314 e. The van der Waals surface area contributed by atoms with Crippen molar-refractivity contribution in [2.24, 2.45) is 17.8 Å². The van der Waals surface area contributed by atoms with Crippen molar-refractivity contribution >= 4 is 5.97 Å². The molecule has 2 N–H and O–H groups in total. The monoisotopic (exact) mass is 435 g/mol. The molecule has 6 nitrogen and oxygen atoms in total. The first kappa shape index (κ1) is 20.4. The zero-order chi connectivity index (χ0) is 21.8. The molecule has 4 aliphatic carbocycles. The van der Waals surface area contributed by atoms with Crippen LogP contribution in [0, 0.1) is 17.8 Å². The first-order valence-electron chi connectivity index (χ1n) is 12.5. The number of aromatic nitrogens is 3. The third kappa shape index (κ3) is 3.66. The van der Waals surface area contributed by atoms with Crippen molar-refractivity contribution in [2.45, 2.75) is 81.1 Å². The Hall–Kier alpha value is -2.21. The average Bonchev–Trinajstić information content (AvgIpc) is 3.67. The topological polar surface area (TPSA) is 88.1 Å². The third-order valence-corrected chi connectivity index (χ3v) is 8.42. The highest BCUT2D eigenvalue weighted by Gasteiger charge is 2.52. The molecule has 0 unspecified atom stereocenters.